The van der Waals surface area contributed by atoms with Gasteiger partial charge >= 0.3 is 5.97 Å². The van der Waals surface area contributed by atoms with Crippen molar-refractivity contribution in [2.45, 2.75) is 212 Å². The van der Waals surface area contributed by atoms with Gasteiger partial charge in [-0.15, -0.1) is 0 Å². The number of hydrogen-bond acceptors (Lipinski definition) is 10. The maximum atomic E-state index is 12.7. The van der Waals surface area contributed by atoms with Gasteiger partial charge in [0.25, 0.3) is 7.82 Å². The first kappa shape index (κ1) is 55.1. The van der Waals surface area contributed by atoms with E-state index in [1.807, 2.05) is 21.1 Å². The molecule has 11 nitrogen and oxygen atoms in total. The van der Waals surface area contributed by atoms with Crippen LogP contribution in [0, 0.1) is 0 Å². The Morgan fingerprint density at radius 3 is 1.66 bits per heavy atom. The van der Waals surface area contributed by atoms with Gasteiger partial charge in [-0.1, -0.05) is 167 Å². The van der Waals surface area contributed by atoms with Crippen LogP contribution in [0.25, 0.3) is 0 Å². The van der Waals surface area contributed by atoms with Gasteiger partial charge < -0.3 is 43.2 Å². The van der Waals surface area contributed by atoms with Crippen LogP contribution in [0.4, 0.5) is 0 Å². The molecule has 0 rings (SSSR count). The Bertz CT molecular complexity index is 963. The fraction of sp³-hybridized carbons (Fsp3) is 0.932. The number of hydrogen-bond donors (Lipinski definition) is 3. The van der Waals surface area contributed by atoms with Crippen molar-refractivity contribution < 1.29 is 52.6 Å². The highest BCUT2D eigenvalue weighted by molar-refractivity contribution is 7.45. The van der Waals surface area contributed by atoms with E-state index in [-0.39, 0.29) is 26.2 Å². The second-order valence-electron chi connectivity index (χ2n) is 16.9. The number of rotatable bonds is 42. The van der Waals surface area contributed by atoms with E-state index in [0.29, 0.717) is 36.9 Å². The van der Waals surface area contributed by atoms with Gasteiger partial charge in [0.1, 0.15) is 19.3 Å². The molecule has 0 aromatic heterocycles. The molecule has 334 valence electrons. The van der Waals surface area contributed by atoms with Gasteiger partial charge in [0.2, 0.25) is 0 Å². The smallest absolute Gasteiger partial charge is 0.306 e. The molecule has 0 aliphatic heterocycles. The first-order chi connectivity index (χ1) is 26.8. The minimum absolute atomic E-state index is 0.00734. The number of phosphoric ester groups is 1. The number of quaternary nitrogens is 1. The van der Waals surface area contributed by atoms with E-state index >= 15 is 0 Å². The van der Waals surface area contributed by atoms with Gasteiger partial charge in [0.15, 0.2) is 0 Å². The number of nitrogens with zero attached hydrogens (tertiary/aromatic N) is 1. The summed E-state index contributed by atoms with van der Waals surface area (Å²) in [6, 6.07) is 0. The molecule has 0 radical (unpaired) electrons. The van der Waals surface area contributed by atoms with Crippen molar-refractivity contribution in [2.75, 3.05) is 54.1 Å². The number of unbranched alkanes of at least 4 members (excludes halogenated alkanes) is 21. The maximum Gasteiger partial charge on any atom is 0.306 e. The highest BCUT2D eigenvalue weighted by atomic mass is 31.2. The van der Waals surface area contributed by atoms with Crippen LogP contribution in [0.1, 0.15) is 187 Å². The molecule has 5 unspecified atom stereocenters. The predicted molar refractivity (Wildman–Crippen MR) is 226 cm³/mol. The van der Waals surface area contributed by atoms with Gasteiger partial charge in [-0.05, 0) is 25.7 Å². The fourth-order valence-corrected chi connectivity index (χ4v) is 7.09. The zero-order valence-electron chi connectivity index (χ0n) is 36.7. The summed E-state index contributed by atoms with van der Waals surface area (Å²) in [5, 5.41) is 30.3. The zero-order chi connectivity index (χ0) is 41.8. The van der Waals surface area contributed by atoms with Crippen LogP contribution >= 0.6 is 7.82 Å². The Kier molecular flexibility index (Phi) is 36.6. The molecule has 5 atom stereocenters. The van der Waals surface area contributed by atoms with Crippen molar-refractivity contribution >= 4 is 13.8 Å². The summed E-state index contributed by atoms with van der Waals surface area (Å²) < 4.78 is 34.5. The number of ether oxygens (including phenoxy) is 2. The van der Waals surface area contributed by atoms with E-state index in [0.717, 1.165) is 57.8 Å². The molecule has 0 aliphatic carbocycles. The Balaban J connectivity index is 4.36. The molecule has 0 saturated heterocycles. The molecule has 0 aromatic carbocycles. The van der Waals surface area contributed by atoms with Crippen molar-refractivity contribution in [1.29, 1.82) is 0 Å². The van der Waals surface area contributed by atoms with E-state index in [1.165, 1.54) is 96.0 Å². The standard InChI is InChI=1S/C44H88NO10P/c1-6-8-10-11-12-13-14-15-16-17-18-19-20-21-25-29-36-52-38-41(39-54-56(50,51)53-37-35-45(3,4)5)55-44(49)32-28-24-22-23-27-30-40(46)33-34-43(48)42(47)31-26-9-7-2/h33-34,40-43,46-48H,6-32,35-39H2,1-5H3/b34-33+. The molecule has 56 heavy (non-hydrogen) atoms. The first-order valence-electron chi connectivity index (χ1n) is 22.7. The highest BCUT2D eigenvalue weighted by Crippen LogP contribution is 2.38. The summed E-state index contributed by atoms with van der Waals surface area (Å²) in [6.45, 7) is 5.03. The molecule has 3 N–H and O–H groups in total. The lowest BCUT2D eigenvalue weighted by atomic mass is 10.0. The molecular formula is C44H88NO10P. The van der Waals surface area contributed by atoms with Gasteiger partial charge in [-0.3, -0.25) is 9.36 Å². The molecule has 0 spiro atoms. The molecule has 0 saturated carbocycles. The first-order valence-corrected chi connectivity index (χ1v) is 24.2. The third kappa shape index (κ3) is 38.6. The lowest BCUT2D eigenvalue weighted by Gasteiger charge is -2.28. The van der Waals surface area contributed by atoms with Crippen LogP contribution in [0.15, 0.2) is 12.2 Å². The monoisotopic (exact) mass is 822 g/mol. The Morgan fingerprint density at radius 1 is 0.625 bits per heavy atom. The summed E-state index contributed by atoms with van der Waals surface area (Å²) >= 11 is 0. The summed E-state index contributed by atoms with van der Waals surface area (Å²) in [7, 11) is 1.24. The average molecular weight is 822 g/mol. The number of likely N-dealkylation sites (N-methyl/N-ethyl adjacent to an activating group) is 1. The number of aliphatic hydroxyl groups excluding tert-OH is 3. The number of carbonyl (C=O) groups is 1. The lowest BCUT2D eigenvalue weighted by molar-refractivity contribution is -0.870. The maximum absolute atomic E-state index is 12.7. The van der Waals surface area contributed by atoms with E-state index in [4.69, 9.17) is 18.5 Å². The lowest BCUT2D eigenvalue weighted by Crippen LogP contribution is -2.37. The minimum Gasteiger partial charge on any atom is -0.756 e. The Labute approximate surface area is 343 Å². The van der Waals surface area contributed by atoms with Crippen LogP contribution < -0.4 is 4.89 Å². The van der Waals surface area contributed by atoms with E-state index < -0.39 is 38.2 Å². The minimum atomic E-state index is -4.57. The molecule has 12 heteroatoms. The largest absolute Gasteiger partial charge is 0.756 e. The average Bonchev–Trinajstić information content (AvgIpc) is 3.14. The molecule has 0 aliphatic rings. The van der Waals surface area contributed by atoms with Gasteiger partial charge in [-0.25, -0.2) is 0 Å². The van der Waals surface area contributed by atoms with Crippen molar-refractivity contribution in [1.82, 2.24) is 0 Å². The predicted octanol–water partition coefficient (Wildman–Crippen LogP) is 9.33. The number of phosphoric acid groups is 1. The molecular weight excluding hydrogens is 733 g/mol. The van der Waals surface area contributed by atoms with Crippen LogP contribution in [-0.4, -0.2) is 104 Å². The van der Waals surface area contributed by atoms with Crippen LogP contribution in [0.3, 0.4) is 0 Å². The second kappa shape index (κ2) is 37.1. The Hall–Kier alpha value is -0.880. The van der Waals surface area contributed by atoms with Crippen LogP contribution in [0.5, 0.6) is 0 Å². The third-order valence-electron chi connectivity index (χ3n) is 10.1. The summed E-state index contributed by atoms with van der Waals surface area (Å²) in [5.41, 5.74) is 0. The van der Waals surface area contributed by atoms with Gasteiger partial charge in [0, 0.05) is 13.0 Å². The zero-order valence-corrected chi connectivity index (χ0v) is 37.6. The molecule has 0 heterocycles. The fourth-order valence-electron chi connectivity index (χ4n) is 6.36. The number of aliphatic hydroxyl groups is 3. The third-order valence-corrected chi connectivity index (χ3v) is 11.0. The molecule has 0 aromatic rings. The van der Waals surface area contributed by atoms with E-state index in [2.05, 4.69) is 13.8 Å². The highest BCUT2D eigenvalue weighted by Gasteiger charge is 2.20. The molecule has 0 bridgehead atoms. The molecule has 0 amide bonds. The van der Waals surface area contributed by atoms with Crippen molar-refractivity contribution in [3.8, 4) is 0 Å². The number of carbonyl (C=O) groups excluding carboxylic acids is 1. The Morgan fingerprint density at radius 2 is 1.11 bits per heavy atom. The SMILES string of the molecule is CCCCCCCCCCCCCCCCCCOCC(COP(=O)([O-])OCC[N+](C)(C)C)OC(=O)CCCCCCCC(O)/C=C/C(O)C(O)CCCCC. The topological polar surface area (TPSA) is 155 Å². The van der Waals surface area contributed by atoms with Crippen LogP contribution in [0.2, 0.25) is 0 Å². The van der Waals surface area contributed by atoms with Gasteiger partial charge in [-0.2, -0.15) is 0 Å². The van der Waals surface area contributed by atoms with Crippen LogP contribution in [-0.2, 0) is 27.9 Å². The van der Waals surface area contributed by atoms with Crippen molar-refractivity contribution in [3.63, 3.8) is 0 Å². The number of esters is 1. The second-order valence-corrected chi connectivity index (χ2v) is 18.3. The van der Waals surface area contributed by atoms with E-state index in [1.54, 1.807) is 6.08 Å². The normalized spacial score (nSPS) is 15.5. The van der Waals surface area contributed by atoms with E-state index in [9.17, 15) is 29.6 Å². The van der Waals surface area contributed by atoms with Gasteiger partial charge in [0.05, 0.1) is 52.7 Å². The summed E-state index contributed by atoms with van der Waals surface area (Å²) in [5.74, 6) is -0.424. The summed E-state index contributed by atoms with van der Waals surface area (Å²) in [6.07, 6.45) is 28.6. The molecule has 0 fully saturated rings. The summed E-state index contributed by atoms with van der Waals surface area (Å²) in [4.78, 5) is 25.1. The quantitative estimate of drug-likeness (QED) is 0.0178. The van der Waals surface area contributed by atoms with Crippen molar-refractivity contribution in [2.24, 2.45) is 0 Å². The van der Waals surface area contributed by atoms with Crippen molar-refractivity contribution in [3.05, 3.63) is 12.2 Å².